The van der Waals surface area contributed by atoms with E-state index in [-0.39, 0.29) is 0 Å². The van der Waals surface area contributed by atoms with E-state index in [1.807, 2.05) is 23.5 Å². The summed E-state index contributed by atoms with van der Waals surface area (Å²) >= 11 is 1.83. The standard InChI is InChI=1S/C16H20N2O2S2/c1-17(2)22(19,20)15-5-3-4-13(10-15)11-18-8-6-16-14(12-18)7-9-21-16/h3-5,7,9-10H,6,8,11-12H2,1-2H3. The molecule has 22 heavy (non-hydrogen) atoms. The van der Waals surface area contributed by atoms with Gasteiger partial charge in [-0.1, -0.05) is 12.1 Å². The summed E-state index contributed by atoms with van der Waals surface area (Å²) in [6.45, 7) is 2.76. The average molecular weight is 336 g/mol. The van der Waals surface area contributed by atoms with Crippen molar-refractivity contribution in [3.63, 3.8) is 0 Å². The summed E-state index contributed by atoms with van der Waals surface area (Å²) in [5, 5.41) is 2.15. The molecule has 0 bridgehead atoms. The molecule has 0 unspecified atom stereocenters. The number of fused-ring (bicyclic) bond motifs is 1. The predicted octanol–water partition coefficient (Wildman–Crippen LogP) is 2.56. The number of hydrogen-bond donors (Lipinski definition) is 0. The van der Waals surface area contributed by atoms with Gasteiger partial charge in [0.15, 0.2) is 0 Å². The van der Waals surface area contributed by atoms with Gasteiger partial charge >= 0.3 is 0 Å². The molecule has 1 aromatic carbocycles. The van der Waals surface area contributed by atoms with Crippen LogP contribution >= 0.6 is 11.3 Å². The summed E-state index contributed by atoms with van der Waals surface area (Å²) in [6, 6.07) is 9.47. The molecule has 0 aliphatic carbocycles. The van der Waals surface area contributed by atoms with Gasteiger partial charge in [-0.15, -0.1) is 11.3 Å². The third-order valence-corrected chi connectivity index (χ3v) is 6.80. The van der Waals surface area contributed by atoms with Crippen LogP contribution < -0.4 is 0 Å². The summed E-state index contributed by atoms with van der Waals surface area (Å²) in [7, 11) is -0.243. The minimum absolute atomic E-state index is 0.364. The van der Waals surface area contributed by atoms with E-state index in [4.69, 9.17) is 0 Å². The zero-order valence-corrected chi connectivity index (χ0v) is 14.5. The second kappa shape index (κ2) is 6.12. The maximum Gasteiger partial charge on any atom is 0.242 e. The molecule has 6 heteroatoms. The van der Waals surface area contributed by atoms with Crippen molar-refractivity contribution >= 4 is 21.4 Å². The van der Waals surface area contributed by atoms with Crippen molar-refractivity contribution in [2.75, 3.05) is 20.6 Å². The second-order valence-corrected chi connectivity index (χ2v) is 8.92. The first kappa shape index (κ1) is 15.7. The first-order valence-electron chi connectivity index (χ1n) is 7.26. The number of benzene rings is 1. The first-order chi connectivity index (χ1) is 10.5. The molecule has 0 radical (unpaired) electrons. The molecule has 2 heterocycles. The lowest BCUT2D eigenvalue weighted by Gasteiger charge is -2.27. The Labute approximate surface area is 136 Å². The minimum atomic E-state index is -3.36. The van der Waals surface area contributed by atoms with Gasteiger partial charge in [-0.3, -0.25) is 4.90 Å². The Balaban J connectivity index is 1.77. The van der Waals surface area contributed by atoms with Crippen LogP contribution in [0.1, 0.15) is 16.0 Å². The summed E-state index contributed by atoms with van der Waals surface area (Å²) in [4.78, 5) is 4.22. The van der Waals surface area contributed by atoms with Gasteiger partial charge in [-0.05, 0) is 41.1 Å². The topological polar surface area (TPSA) is 40.6 Å². The Kier molecular flexibility index (Phi) is 4.36. The fourth-order valence-electron chi connectivity index (χ4n) is 2.72. The largest absolute Gasteiger partial charge is 0.294 e. The van der Waals surface area contributed by atoms with Crippen LogP contribution in [0.15, 0.2) is 40.6 Å². The van der Waals surface area contributed by atoms with Gasteiger partial charge in [0.25, 0.3) is 0 Å². The monoisotopic (exact) mass is 336 g/mol. The number of rotatable bonds is 4. The quantitative estimate of drug-likeness (QED) is 0.861. The van der Waals surface area contributed by atoms with E-state index in [9.17, 15) is 8.42 Å². The fraction of sp³-hybridized carbons (Fsp3) is 0.375. The maximum atomic E-state index is 12.2. The molecule has 0 spiro atoms. The Hall–Kier alpha value is -1.21. The molecular weight excluding hydrogens is 316 g/mol. The molecule has 1 aliphatic heterocycles. The molecule has 118 valence electrons. The van der Waals surface area contributed by atoms with Gasteiger partial charge in [0.2, 0.25) is 10.0 Å². The molecular formula is C16H20N2O2S2. The van der Waals surface area contributed by atoms with E-state index < -0.39 is 10.0 Å². The lowest BCUT2D eigenvalue weighted by Crippen LogP contribution is -2.29. The lowest BCUT2D eigenvalue weighted by atomic mass is 10.1. The van der Waals surface area contributed by atoms with Crippen LogP contribution in [0, 0.1) is 0 Å². The van der Waals surface area contributed by atoms with Crippen molar-refractivity contribution < 1.29 is 8.42 Å². The number of sulfonamides is 1. The summed E-state index contributed by atoms with van der Waals surface area (Å²) < 4.78 is 25.7. The molecule has 1 aliphatic rings. The Morgan fingerprint density at radius 1 is 1.27 bits per heavy atom. The van der Waals surface area contributed by atoms with Crippen LogP contribution in [-0.2, 0) is 29.5 Å². The summed E-state index contributed by atoms with van der Waals surface area (Å²) in [5.74, 6) is 0. The van der Waals surface area contributed by atoms with Crippen LogP contribution in [0.3, 0.4) is 0 Å². The third kappa shape index (κ3) is 3.10. The van der Waals surface area contributed by atoms with Gasteiger partial charge in [-0.25, -0.2) is 12.7 Å². The zero-order valence-electron chi connectivity index (χ0n) is 12.8. The molecule has 2 aromatic rings. The van der Waals surface area contributed by atoms with Crippen molar-refractivity contribution in [2.45, 2.75) is 24.4 Å². The molecule has 0 N–H and O–H groups in total. The Morgan fingerprint density at radius 3 is 2.86 bits per heavy atom. The van der Waals surface area contributed by atoms with Crippen LogP contribution in [-0.4, -0.2) is 38.3 Å². The van der Waals surface area contributed by atoms with Crippen molar-refractivity contribution in [3.8, 4) is 0 Å². The van der Waals surface area contributed by atoms with Crippen LogP contribution in [0.25, 0.3) is 0 Å². The normalized spacial score (nSPS) is 16.0. The van der Waals surface area contributed by atoms with E-state index in [0.717, 1.165) is 31.6 Å². The second-order valence-electron chi connectivity index (χ2n) is 5.76. The van der Waals surface area contributed by atoms with Gasteiger partial charge in [0, 0.05) is 38.6 Å². The molecule has 1 aromatic heterocycles. The molecule has 0 fully saturated rings. The van der Waals surface area contributed by atoms with E-state index >= 15 is 0 Å². The van der Waals surface area contributed by atoms with Gasteiger partial charge in [-0.2, -0.15) is 0 Å². The molecule has 0 atom stereocenters. The van der Waals surface area contributed by atoms with E-state index in [1.54, 1.807) is 26.2 Å². The first-order valence-corrected chi connectivity index (χ1v) is 9.58. The highest BCUT2D eigenvalue weighted by Gasteiger charge is 2.20. The smallest absolute Gasteiger partial charge is 0.242 e. The highest BCUT2D eigenvalue weighted by Crippen LogP contribution is 2.25. The van der Waals surface area contributed by atoms with Gasteiger partial charge < -0.3 is 0 Å². The molecule has 3 rings (SSSR count). The van der Waals surface area contributed by atoms with Crippen molar-refractivity contribution in [1.82, 2.24) is 9.21 Å². The van der Waals surface area contributed by atoms with Crippen LogP contribution in [0.2, 0.25) is 0 Å². The lowest BCUT2D eigenvalue weighted by molar-refractivity contribution is 0.247. The molecule has 0 saturated carbocycles. The third-order valence-electron chi connectivity index (χ3n) is 3.97. The van der Waals surface area contributed by atoms with Crippen molar-refractivity contribution in [3.05, 3.63) is 51.7 Å². The van der Waals surface area contributed by atoms with E-state index in [0.29, 0.717) is 4.90 Å². The fourth-order valence-corrected chi connectivity index (χ4v) is 4.58. The van der Waals surface area contributed by atoms with Gasteiger partial charge in [0.1, 0.15) is 0 Å². The number of hydrogen-bond acceptors (Lipinski definition) is 4. The number of thiophene rings is 1. The van der Waals surface area contributed by atoms with Crippen molar-refractivity contribution in [2.24, 2.45) is 0 Å². The zero-order chi connectivity index (χ0) is 15.7. The highest BCUT2D eigenvalue weighted by molar-refractivity contribution is 7.89. The molecule has 0 saturated heterocycles. The molecule has 0 amide bonds. The van der Waals surface area contributed by atoms with Crippen LogP contribution in [0.4, 0.5) is 0 Å². The SMILES string of the molecule is CN(C)S(=O)(=O)c1cccc(CN2CCc3sccc3C2)c1. The summed E-state index contributed by atoms with van der Waals surface area (Å²) in [6.07, 6.45) is 1.09. The maximum absolute atomic E-state index is 12.2. The highest BCUT2D eigenvalue weighted by atomic mass is 32.2. The van der Waals surface area contributed by atoms with E-state index in [1.165, 1.54) is 14.7 Å². The Morgan fingerprint density at radius 2 is 2.09 bits per heavy atom. The minimum Gasteiger partial charge on any atom is -0.294 e. The van der Waals surface area contributed by atoms with Crippen molar-refractivity contribution in [1.29, 1.82) is 0 Å². The summed E-state index contributed by atoms with van der Waals surface area (Å²) in [5.41, 5.74) is 2.45. The average Bonchev–Trinajstić information content (AvgIpc) is 2.95. The van der Waals surface area contributed by atoms with Gasteiger partial charge in [0.05, 0.1) is 4.90 Å². The Bertz CT molecular complexity index is 766. The predicted molar refractivity (Wildman–Crippen MR) is 89.5 cm³/mol. The van der Waals surface area contributed by atoms with E-state index in [2.05, 4.69) is 16.3 Å². The molecule has 4 nitrogen and oxygen atoms in total. The number of nitrogens with zero attached hydrogens (tertiary/aromatic N) is 2. The van der Waals surface area contributed by atoms with Crippen LogP contribution in [0.5, 0.6) is 0 Å².